The number of cyclic esters (lactones) is 2. The molecule has 2 aromatic rings. The van der Waals surface area contributed by atoms with Crippen LogP contribution in [-0.2, 0) is 18.9 Å². The van der Waals surface area contributed by atoms with E-state index in [1.807, 2.05) is 20.8 Å². The number of rotatable bonds is 4. The van der Waals surface area contributed by atoms with Gasteiger partial charge in [-0.05, 0) is 45.7 Å². The van der Waals surface area contributed by atoms with Crippen LogP contribution in [0.4, 0.5) is 9.59 Å². The van der Waals surface area contributed by atoms with E-state index in [9.17, 15) is 9.59 Å². The first-order chi connectivity index (χ1) is 15.2. The van der Waals surface area contributed by atoms with Gasteiger partial charge < -0.3 is 29.0 Å². The fraction of sp³-hybridized carbons (Fsp3) is 0.545. The zero-order valence-corrected chi connectivity index (χ0v) is 18.5. The molecule has 2 aromatic heterocycles. The predicted molar refractivity (Wildman–Crippen MR) is 112 cm³/mol. The van der Waals surface area contributed by atoms with Crippen molar-refractivity contribution in [3.8, 4) is 5.88 Å². The lowest BCUT2D eigenvalue weighted by molar-refractivity contribution is -0.0744. The number of nitrogens with one attached hydrogen (secondary N) is 1. The molecule has 32 heavy (non-hydrogen) atoms. The molecule has 0 bridgehead atoms. The van der Waals surface area contributed by atoms with Gasteiger partial charge in [-0.15, -0.1) is 0 Å². The van der Waals surface area contributed by atoms with Crippen LogP contribution in [0.5, 0.6) is 5.88 Å². The predicted octanol–water partition coefficient (Wildman–Crippen LogP) is 3.29. The van der Waals surface area contributed by atoms with E-state index in [0.717, 1.165) is 0 Å². The molecule has 2 saturated heterocycles. The molecule has 0 spiro atoms. The molecule has 2 aliphatic heterocycles. The number of nitrogens with zero attached hydrogens (tertiary/aromatic N) is 2. The largest absolute Gasteiger partial charge is 0.509 e. The molecule has 1 amide bonds. The summed E-state index contributed by atoms with van der Waals surface area (Å²) in [5, 5.41) is 2.82. The van der Waals surface area contributed by atoms with Crippen molar-refractivity contribution >= 4 is 23.3 Å². The van der Waals surface area contributed by atoms with Gasteiger partial charge in [-0.25, -0.2) is 14.6 Å². The van der Waals surface area contributed by atoms with Gasteiger partial charge in [0, 0.05) is 17.8 Å². The third-order valence-electron chi connectivity index (χ3n) is 5.26. The van der Waals surface area contributed by atoms with Gasteiger partial charge in [-0.2, -0.15) is 0 Å². The summed E-state index contributed by atoms with van der Waals surface area (Å²) in [5.41, 5.74) is 1.31. The van der Waals surface area contributed by atoms with Gasteiger partial charge in [0.15, 0.2) is 12.2 Å². The minimum Gasteiger partial charge on any atom is -0.481 e. The van der Waals surface area contributed by atoms with Crippen molar-refractivity contribution in [3.63, 3.8) is 0 Å². The summed E-state index contributed by atoms with van der Waals surface area (Å²) in [6, 6.07) is 5.08. The minimum absolute atomic E-state index is 0.190. The maximum Gasteiger partial charge on any atom is 0.509 e. The standard InChI is InChI=1S/C22H27N3O7/c1-22(2,3)32-20(26)24-12-5-7-15(29-11-12)19-18(30-21(27)31-19)13-9-10-23-14-6-8-16(28-4)25-17(13)14/h6,8-10,12,15,18-19H,5,7,11H2,1-4H3,(H,24,26)/t12-,15+,18-,19-/m0/s1. The van der Waals surface area contributed by atoms with Gasteiger partial charge in [0.2, 0.25) is 5.88 Å². The molecule has 2 fully saturated rings. The van der Waals surface area contributed by atoms with Gasteiger partial charge in [-0.3, -0.25) is 4.98 Å². The third kappa shape index (κ3) is 4.85. The van der Waals surface area contributed by atoms with Crippen molar-refractivity contribution in [2.24, 2.45) is 0 Å². The van der Waals surface area contributed by atoms with Crippen LogP contribution in [0.3, 0.4) is 0 Å². The Hall–Kier alpha value is -3.14. The van der Waals surface area contributed by atoms with E-state index < -0.39 is 36.2 Å². The molecule has 0 saturated carbocycles. The van der Waals surface area contributed by atoms with E-state index in [4.69, 9.17) is 23.7 Å². The summed E-state index contributed by atoms with van der Waals surface area (Å²) < 4.78 is 27.5. The molecule has 1 N–H and O–H groups in total. The number of carbonyl (C=O) groups is 2. The minimum atomic E-state index is -0.759. The molecular formula is C22H27N3O7. The van der Waals surface area contributed by atoms with Gasteiger partial charge in [0.25, 0.3) is 0 Å². The maximum atomic E-state index is 12.0. The molecule has 4 heterocycles. The van der Waals surface area contributed by atoms with Crippen LogP contribution in [-0.4, -0.2) is 59.8 Å². The second kappa shape index (κ2) is 8.78. The number of methoxy groups -OCH3 is 1. The van der Waals surface area contributed by atoms with Crippen molar-refractivity contribution in [1.82, 2.24) is 15.3 Å². The van der Waals surface area contributed by atoms with Gasteiger partial charge in [-0.1, -0.05) is 0 Å². The Labute approximate surface area is 185 Å². The van der Waals surface area contributed by atoms with Crippen LogP contribution in [0.2, 0.25) is 0 Å². The van der Waals surface area contributed by atoms with E-state index in [1.165, 1.54) is 7.11 Å². The first-order valence-corrected chi connectivity index (χ1v) is 10.5. The van der Waals surface area contributed by atoms with Crippen LogP contribution in [0.15, 0.2) is 24.4 Å². The quantitative estimate of drug-likeness (QED) is 0.707. The summed E-state index contributed by atoms with van der Waals surface area (Å²) in [5.74, 6) is 0.429. The van der Waals surface area contributed by atoms with E-state index in [0.29, 0.717) is 35.3 Å². The summed E-state index contributed by atoms with van der Waals surface area (Å²) in [6.07, 6.45) is -0.135. The van der Waals surface area contributed by atoms with Gasteiger partial charge in [0.1, 0.15) is 5.60 Å². The average molecular weight is 445 g/mol. The number of fused-ring (bicyclic) bond motifs is 1. The smallest absolute Gasteiger partial charge is 0.481 e. The molecule has 2 aliphatic rings. The fourth-order valence-corrected chi connectivity index (χ4v) is 3.87. The van der Waals surface area contributed by atoms with E-state index >= 15 is 0 Å². The van der Waals surface area contributed by atoms with Crippen LogP contribution < -0.4 is 10.1 Å². The second-order valence-electron chi connectivity index (χ2n) is 8.78. The summed E-state index contributed by atoms with van der Waals surface area (Å²) in [6.45, 7) is 5.69. The molecule has 4 rings (SSSR count). The van der Waals surface area contributed by atoms with Crippen LogP contribution >= 0.6 is 0 Å². The Morgan fingerprint density at radius 2 is 2.00 bits per heavy atom. The number of aromatic nitrogens is 2. The molecule has 4 atom stereocenters. The van der Waals surface area contributed by atoms with Crippen LogP contribution in [0.1, 0.15) is 45.3 Å². The zero-order chi connectivity index (χ0) is 22.9. The van der Waals surface area contributed by atoms with Crippen molar-refractivity contribution in [2.45, 2.75) is 63.6 Å². The Morgan fingerprint density at radius 1 is 1.19 bits per heavy atom. The normalized spacial score (nSPS) is 25.7. The number of ether oxygens (including phenoxy) is 5. The summed E-state index contributed by atoms with van der Waals surface area (Å²) >= 11 is 0. The molecule has 0 aromatic carbocycles. The number of amides is 1. The van der Waals surface area contributed by atoms with Crippen LogP contribution in [0.25, 0.3) is 11.0 Å². The Bertz CT molecular complexity index is 999. The summed E-state index contributed by atoms with van der Waals surface area (Å²) in [7, 11) is 1.53. The van der Waals surface area contributed by atoms with Crippen LogP contribution in [0, 0.1) is 0 Å². The lowest BCUT2D eigenvalue weighted by atomic mass is 9.94. The van der Waals surface area contributed by atoms with Crippen molar-refractivity contribution in [2.75, 3.05) is 13.7 Å². The Kier molecular flexibility index (Phi) is 6.05. The average Bonchev–Trinajstić information content (AvgIpc) is 3.13. The van der Waals surface area contributed by atoms with Crippen molar-refractivity contribution in [3.05, 3.63) is 30.0 Å². The van der Waals surface area contributed by atoms with E-state index in [-0.39, 0.29) is 12.6 Å². The molecule has 0 unspecified atom stereocenters. The molecular weight excluding hydrogens is 418 g/mol. The number of alkyl carbamates (subject to hydrolysis) is 1. The zero-order valence-electron chi connectivity index (χ0n) is 18.5. The molecule has 10 heteroatoms. The van der Waals surface area contributed by atoms with Crippen molar-refractivity contribution in [1.29, 1.82) is 0 Å². The lowest BCUT2D eigenvalue weighted by Crippen LogP contribution is -2.47. The number of pyridine rings is 2. The highest BCUT2D eigenvalue weighted by Gasteiger charge is 2.46. The summed E-state index contributed by atoms with van der Waals surface area (Å²) in [4.78, 5) is 32.9. The topological polar surface area (TPSA) is 118 Å². The monoisotopic (exact) mass is 445 g/mol. The van der Waals surface area contributed by atoms with Gasteiger partial charge >= 0.3 is 12.2 Å². The first kappa shape index (κ1) is 22.1. The number of hydrogen-bond donors (Lipinski definition) is 1. The highest BCUT2D eigenvalue weighted by molar-refractivity contribution is 5.79. The highest BCUT2D eigenvalue weighted by Crippen LogP contribution is 2.38. The Morgan fingerprint density at radius 3 is 2.69 bits per heavy atom. The maximum absolute atomic E-state index is 12.0. The molecule has 0 radical (unpaired) electrons. The van der Waals surface area contributed by atoms with Gasteiger partial charge in [0.05, 0.1) is 36.9 Å². The van der Waals surface area contributed by atoms with E-state index in [1.54, 1.807) is 24.4 Å². The molecule has 10 nitrogen and oxygen atoms in total. The Balaban J connectivity index is 1.47. The SMILES string of the molecule is COc1ccc2nccc([C@@H]3OC(=O)O[C@H]3[C@H]3CC[C@H](NC(=O)OC(C)(C)C)CO3)c2n1. The fourth-order valence-electron chi connectivity index (χ4n) is 3.87. The molecule has 172 valence electrons. The third-order valence-corrected chi connectivity index (χ3v) is 5.26. The highest BCUT2D eigenvalue weighted by atomic mass is 16.8. The van der Waals surface area contributed by atoms with Crippen molar-refractivity contribution < 1.29 is 33.3 Å². The number of hydrogen-bond acceptors (Lipinski definition) is 9. The second-order valence-corrected chi connectivity index (χ2v) is 8.78. The van der Waals surface area contributed by atoms with E-state index in [2.05, 4.69) is 15.3 Å². The molecule has 0 aliphatic carbocycles. The number of carbonyl (C=O) groups excluding carboxylic acids is 2. The lowest BCUT2D eigenvalue weighted by Gasteiger charge is -2.33. The first-order valence-electron chi connectivity index (χ1n) is 10.5.